The zero-order chi connectivity index (χ0) is 12.3. The second-order valence-corrected chi connectivity index (χ2v) is 4.64. The Morgan fingerprint density at radius 3 is 2.41 bits per heavy atom. The maximum Gasteiger partial charge on any atom is 0.0598 e. The van der Waals surface area contributed by atoms with Crippen LogP contribution >= 0.6 is 23.2 Å². The highest BCUT2D eigenvalue weighted by atomic mass is 35.5. The second kappa shape index (κ2) is 5.54. The Kier molecular flexibility index (Phi) is 4.06. The standard InChI is InChI=1S/C14H13Cl2N/c15-13-6-5-11(9-14(13)16)12-4-2-1-3-10(12)7-8-17/h1-6,9H,7-8,17H2. The number of hydrogen-bond acceptors (Lipinski definition) is 1. The van der Waals surface area contributed by atoms with E-state index in [4.69, 9.17) is 28.9 Å². The van der Waals surface area contributed by atoms with Crippen LogP contribution < -0.4 is 5.73 Å². The highest BCUT2D eigenvalue weighted by Gasteiger charge is 2.06. The average molecular weight is 266 g/mol. The quantitative estimate of drug-likeness (QED) is 0.886. The van der Waals surface area contributed by atoms with Crippen LogP contribution in [0.1, 0.15) is 5.56 Å². The lowest BCUT2D eigenvalue weighted by Crippen LogP contribution is -2.03. The van der Waals surface area contributed by atoms with Gasteiger partial charge in [0, 0.05) is 0 Å². The van der Waals surface area contributed by atoms with Crippen molar-refractivity contribution >= 4 is 23.2 Å². The number of hydrogen-bond donors (Lipinski definition) is 1. The summed E-state index contributed by atoms with van der Waals surface area (Å²) < 4.78 is 0. The molecule has 3 heteroatoms. The van der Waals surface area contributed by atoms with Gasteiger partial charge in [-0.25, -0.2) is 0 Å². The Balaban J connectivity index is 2.48. The van der Waals surface area contributed by atoms with Crippen LogP contribution in [0.2, 0.25) is 10.0 Å². The first-order chi connectivity index (χ1) is 8.22. The highest BCUT2D eigenvalue weighted by molar-refractivity contribution is 6.42. The Morgan fingerprint density at radius 2 is 1.71 bits per heavy atom. The molecule has 0 saturated carbocycles. The van der Waals surface area contributed by atoms with Crippen molar-refractivity contribution in [3.8, 4) is 11.1 Å². The molecule has 0 amide bonds. The molecule has 2 aromatic rings. The molecule has 2 rings (SSSR count). The summed E-state index contributed by atoms with van der Waals surface area (Å²) in [5.41, 5.74) is 9.08. The van der Waals surface area contributed by atoms with Gasteiger partial charge in [0.25, 0.3) is 0 Å². The zero-order valence-corrected chi connectivity index (χ0v) is 10.8. The van der Waals surface area contributed by atoms with Crippen molar-refractivity contribution in [3.63, 3.8) is 0 Å². The third-order valence-electron chi connectivity index (χ3n) is 2.66. The lowest BCUT2D eigenvalue weighted by Gasteiger charge is -2.09. The van der Waals surface area contributed by atoms with Gasteiger partial charge in [0.1, 0.15) is 0 Å². The van der Waals surface area contributed by atoms with Crippen molar-refractivity contribution in [2.45, 2.75) is 6.42 Å². The van der Waals surface area contributed by atoms with Crippen molar-refractivity contribution in [2.75, 3.05) is 6.54 Å². The first-order valence-electron chi connectivity index (χ1n) is 5.46. The number of rotatable bonds is 3. The van der Waals surface area contributed by atoms with E-state index in [-0.39, 0.29) is 0 Å². The van der Waals surface area contributed by atoms with Gasteiger partial charge in [0.15, 0.2) is 0 Å². The normalized spacial score (nSPS) is 10.5. The average Bonchev–Trinajstić information content (AvgIpc) is 2.34. The van der Waals surface area contributed by atoms with Crippen LogP contribution in [0.3, 0.4) is 0 Å². The molecular weight excluding hydrogens is 253 g/mol. The fourth-order valence-corrected chi connectivity index (χ4v) is 2.14. The molecule has 0 saturated heterocycles. The van der Waals surface area contributed by atoms with Crippen molar-refractivity contribution in [3.05, 3.63) is 58.1 Å². The fraction of sp³-hybridized carbons (Fsp3) is 0.143. The molecule has 0 unspecified atom stereocenters. The van der Waals surface area contributed by atoms with Crippen molar-refractivity contribution in [1.29, 1.82) is 0 Å². The van der Waals surface area contributed by atoms with Crippen molar-refractivity contribution in [2.24, 2.45) is 5.73 Å². The maximum absolute atomic E-state index is 6.04. The van der Waals surface area contributed by atoms with E-state index in [9.17, 15) is 0 Å². The van der Waals surface area contributed by atoms with Gasteiger partial charge in [-0.3, -0.25) is 0 Å². The molecule has 0 aliphatic carbocycles. The molecule has 1 nitrogen and oxygen atoms in total. The van der Waals surface area contributed by atoms with Gasteiger partial charge in [0.2, 0.25) is 0 Å². The van der Waals surface area contributed by atoms with Crippen LogP contribution in [0, 0.1) is 0 Å². The lowest BCUT2D eigenvalue weighted by molar-refractivity contribution is 0.971. The van der Waals surface area contributed by atoms with Crippen molar-refractivity contribution in [1.82, 2.24) is 0 Å². The summed E-state index contributed by atoms with van der Waals surface area (Å²) in [6.07, 6.45) is 0.858. The van der Waals surface area contributed by atoms with Crippen LogP contribution in [0.5, 0.6) is 0 Å². The topological polar surface area (TPSA) is 26.0 Å². The van der Waals surface area contributed by atoms with Crippen LogP contribution in [-0.4, -0.2) is 6.54 Å². The van der Waals surface area contributed by atoms with E-state index < -0.39 is 0 Å². The second-order valence-electron chi connectivity index (χ2n) is 3.82. The SMILES string of the molecule is NCCc1ccccc1-c1ccc(Cl)c(Cl)c1. The van der Waals surface area contributed by atoms with Crippen molar-refractivity contribution < 1.29 is 0 Å². The Morgan fingerprint density at radius 1 is 0.941 bits per heavy atom. The molecule has 0 bridgehead atoms. The number of nitrogens with two attached hydrogens (primary N) is 1. The summed E-state index contributed by atoms with van der Waals surface area (Å²) >= 11 is 12.0. The molecule has 17 heavy (non-hydrogen) atoms. The third-order valence-corrected chi connectivity index (χ3v) is 3.40. The summed E-state index contributed by atoms with van der Waals surface area (Å²) in [6.45, 7) is 0.637. The Labute approximate surface area is 111 Å². The minimum Gasteiger partial charge on any atom is -0.330 e. The van der Waals surface area contributed by atoms with E-state index >= 15 is 0 Å². The molecule has 88 valence electrons. The summed E-state index contributed by atoms with van der Waals surface area (Å²) in [4.78, 5) is 0. The van der Waals surface area contributed by atoms with Gasteiger partial charge in [-0.2, -0.15) is 0 Å². The van der Waals surface area contributed by atoms with E-state index in [0.717, 1.165) is 17.5 Å². The first kappa shape index (κ1) is 12.4. The van der Waals surface area contributed by atoms with Crippen LogP contribution in [0.4, 0.5) is 0 Å². The predicted molar refractivity (Wildman–Crippen MR) is 74.7 cm³/mol. The number of benzene rings is 2. The highest BCUT2D eigenvalue weighted by Crippen LogP contribution is 2.30. The Bertz CT molecular complexity index is 523. The smallest absolute Gasteiger partial charge is 0.0598 e. The summed E-state index contributed by atoms with van der Waals surface area (Å²) in [7, 11) is 0. The molecular formula is C14H13Cl2N. The Hall–Kier alpha value is -1.02. The van der Waals surface area contributed by atoms with E-state index in [0.29, 0.717) is 16.6 Å². The van der Waals surface area contributed by atoms with Crippen LogP contribution in [0.25, 0.3) is 11.1 Å². The largest absolute Gasteiger partial charge is 0.330 e. The molecule has 0 radical (unpaired) electrons. The van der Waals surface area contributed by atoms with E-state index in [2.05, 4.69) is 12.1 Å². The zero-order valence-electron chi connectivity index (χ0n) is 9.29. The maximum atomic E-state index is 6.04. The van der Waals surface area contributed by atoms with E-state index in [1.807, 2.05) is 30.3 Å². The molecule has 2 N–H and O–H groups in total. The molecule has 0 fully saturated rings. The van der Waals surface area contributed by atoms with Crippen LogP contribution in [-0.2, 0) is 6.42 Å². The minimum absolute atomic E-state index is 0.576. The summed E-state index contributed by atoms with van der Waals surface area (Å²) in [5.74, 6) is 0. The monoisotopic (exact) mass is 265 g/mol. The van der Waals surface area contributed by atoms with Gasteiger partial charge in [-0.1, -0.05) is 53.5 Å². The first-order valence-corrected chi connectivity index (χ1v) is 6.21. The predicted octanol–water partition coefficient (Wildman–Crippen LogP) is 4.16. The molecule has 0 aliphatic heterocycles. The van der Waals surface area contributed by atoms with E-state index in [1.54, 1.807) is 0 Å². The molecule has 2 aromatic carbocycles. The van der Waals surface area contributed by atoms with Gasteiger partial charge >= 0.3 is 0 Å². The molecule has 0 aromatic heterocycles. The lowest BCUT2D eigenvalue weighted by atomic mass is 9.98. The minimum atomic E-state index is 0.576. The number of halogens is 2. The molecule has 0 aliphatic rings. The van der Waals surface area contributed by atoms with Gasteiger partial charge in [-0.15, -0.1) is 0 Å². The van der Waals surface area contributed by atoms with Gasteiger partial charge < -0.3 is 5.73 Å². The van der Waals surface area contributed by atoms with E-state index in [1.165, 1.54) is 5.56 Å². The van der Waals surface area contributed by atoms with Gasteiger partial charge in [0.05, 0.1) is 10.0 Å². The molecule has 0 heterocycles. The molecule has 0 atom stereocenters. The summed E-state index contributed by atoms with van der Waals surface area (Å²) in [6, 6.07) is 13.9. The molecule has 0 spiro atoms. The summed E-state index contributed by atoms with van der Waals surface area (Å²) in [5, 5.41) is 1.15. The van der Waals surface area contributed by atoms with Gasteiger partial charge in [-0.05, 0) is 41.8 Å². The third kappa shape index (κ3) is 2.81. The van der Waals surface area contributed by atoms with Crippen LogP contribution in [0.15, 0.2) is 42.5 Å². The fourth-order valence-electron chi connectivity index (χ4n) is 1.84.